The summed E-state index contributed by atoms with van der Waals surface area (Å²) >= 11 is 5.84. The zero-order valence-electron chi connectivity index (χ0n) is 10.3. The lowest BCUT2D eigenvalue weighted by atomic mass is 9.77. The van der Waals surface area contributed by atoms with Gasteiger partial charge in [-0.25, -0.2) is 0 Å². The Morgan fingerprint density at radius 3 is 2.63 bits per heavy atom. The number of amides is 1. The van der Waals surface area contributed by atoms with Gasteiger partial charge in [-0.3, -0.25) is 19.7 Å². The van der Waals surface area contributed by atoms with Gasteiger partial charge in [0.25, 0.3) is 0 Å². The van der Waals surface area contributed by atoms with Crippen molar-refractivity contribution in [2.75, 3.05) is 18.5 Å². The molecule has 1 heterocycles. The zero-order chi connectivity index (χ0) is 14.4. The molecule has 6 nitrogen and oxygen atoms in total. The topological polar surface area (TPSA) is 80.5 Å². The second kappa shape index (κ2) is 4.31. The standard InChI is InChI=1S/C12H11ClN2O4/c1-12(6-15(18)19)10(16)8-5-7(13)3-4-9(8)14(2)11(12)17/h3-5H,6H2,1-2H3/t12-/m1/s1. The Morgan fingerprint density at radius 1 is 1.42 bits per heavy atom. The highest BCUT2D eigenvalue weighted by molar-refractivity contribution is 6.32. The van der Waals surface area contributed by atoms with Crippen molar-refractivity contribution in [2.24, 2.45) is 5.41 Å². The first-order valence-corrected chi connectivity index (χ1v) is 5.89. The van der Waals surface area contributed by atoms with Gasteiger partial charge in [-0.2, -0.15) is 0 Å². The number of benzene rings is 1. The Kier molecular flexibility index (Phi) is 3.06. The van der Waals surface area contributed by atoms with Gasteiger partial charge in [0.2, 0.25) is 12.5 Å². The largest absolute Gasteiger partial charge is 0.314 e. The van der Waals surface area contributed by atoms with Crippen molar-refractivity contribution in [2.45, 2.75) is 6.92 Å². The van der Waals surface area contributed by atoms with Gasteiger partial charge in [-0.1, -0.05) is 11.6 Å². The molecule has 0 radical (unpaired) electrons. The number of hydrogen-bond acceptors (Lipinski definition) is 4. The number of carbonyl (C=O) groups is 2. The van der Waals surface area contributed by atoms with Gasteiger partial charge in [0, 0.05) is 22.6 Å². The fraction of sp³-hybridized carbons (Fsp3) is 0.333. The first-order chi connectivity index (χ1) is 8.77. The van der Waals surface area contributed by atoms with Gasteiger partial charge in [0.1, 0.15) is 0 Å². The molecule has 0 unspecified atom stereocenters. The molecule has 0 saturated heterocycles. The Bertz CT molecular complexity index is 601. The van der Waals surface area contributed by atoms with E-state index in [-0.39, 0.29) is 5.56 Å². The molecule has 0 aromatic heterocycles. The fourth-order valence-corrected chi connectivity index (χ4v) is 2.43. The van der Waals surface area contributed by atoms with E-state index in [1.165, 1.54) is 24.9 Å². The van der Waals surface area contributed by atoms with E-state index in [4.69, 9.17) is 11.6 Å². The number of anilines is 1. The number of ketones is 1. The molecule has 1 aromatic rings. The van der Waals surface area contributed by atoms with E-state index >= 15 is 0 Å². The number of carbonyl (C=O) groups excluding carboxylic acids is 2. The van der Waals surface area contributed by atoms with Crippen LogP contribution in [0.25, 0.3) is 0 Å². The maximum atomic E-state index is 12.4. The molecule has 2 rings (SSSR count). The smallest absolute Gasteiger partial charge is 0.247 e. The molecule has 1 aliphatic rings. The average molecular weight is 283 g/mol. The first kappa shape index (κ1) is 13.5. The second-order valence-electron chi connectivity index (χ2n) is 4.68. The van der Waals surface area contributed by atoms with Crippen molar-refractivity contribution in [1.29, 1.82) is 0 Å². The van der Waals surface area contributed by atoms with E-state index in [2.05, 4.69) is 0 Å². The van der Waals surface area contributed by atoms with Crippen molar-refractivity contribution >= 4 is 29.0 Å². The van der Waals surface area contributed by atoms with E-state index in [1.807, 2.05) is 0 Å². The lowest BCUT2D eigenvalue weighted by Crippen LogP contribution is -2.53. The highest BCUT2D eigenvalue weighted by Crippen LogP contribution is 2.38. The highest BCUT2D eigenvalue weighted by Gasteiger charge is 2.52. The normalized spacial score (nSPS) is 22.4. The van der Waals surface area contributed by atoms with Crippen LogP contribution in [-0.2, 0) is 4.79 Å². The lowest BCUT2D eigenvalue weighted by molar-refractivity contribution is -0.489. The Hall–Kier alpha value is -1.95. The van der Waals surface area contributed by atoms with Crippen molar-refractivity contribution in [3.63, 3.8) is 0 Å². The molecule has 1 aromatic carbocycles. The lowest BCUT2D eigenvalue weighted by Gasteiger charge is -2.35. The van der Waals surface area contributed by atoms with Crippen LogP contribution in [0, 0.1) is 15.5 Å². The van der Waals surface area contributed by atoms with Crippen LogP contribution in [0.5, 0.6) is 0 Å². The van der Waals surface area contributed by atoms with Crippen molar-refractivity contribution in [1.82, 2.24) is 0 Å². The monoisotopic (exact) mass is 282 g/mol. The predicted molar refractivity (Wildman–Crippen MR) is 69.2 cm³/mol. The molecule has 7 heteroatoms. The van der Waals surface area contributed by atoms with Crippen molar-refractivity contribution in [3.8, 4) is 0 Å². The zero-order valence-corrected chi connectivity index (χ0v) is 11.1. The van der Waals surface area contributed by atoms with E-state index in [1.54, 1.807) is 12.1 Å². The third-order valence-electron chi connectivity index (χ3n) is 3.29. The summed E-state index contributed by atoms with van der Waals surface area (Å²) < 4.78 is 0. The minimum Gasteiger partial charge on any atom is -0.314 e. The summed E-state index contributed by atoms with van der Waals surface area (Å²) in [5.41, 5.74) is -1.03. The number of halogens is 1. The molecule has 0 aliphatic carbocycles. The third-order valence-corrected chi connectivity index (χ3v) is 3.52. The van der Waals surface area contributed by atoms with Gasteiger partial charge in [-0.15, -0.1) is 0 Å². The third kappa shape index (κ3) is 1.98. The molecule has 0 bridgehead atoms. The Labute approximate surface area is 114 Å². The summed E-state index contributed by atoms with van der Waals surface area (Å²) in [6, 6.07) is 4.55. The average Bonchev–Trinajstić information content (AvgIpc) is 2.33. The number of nitrogens with zero attached hydrogens (tertiary/aromatic N) is 2. The van der Waals surface area contributed by atoms with Crippen LogP contribution >= 0.6 is 11.6 Å². The molecular weight excluding hydrogens is 272 g/mol. The quantitative estimate of drug-likeness (QED) is 0.470. The molecule has 1 amide bonds. The van der Waals surface area contributed by atoms with Gasteiger partial charge in [0.05, 0.1) is 5.69 Å². The van der Waals surface area contributed by atoms with Crippen molar-refractivity contribution < 1.29 is 14.5 Å². The molecule has 0 spiro atoms. The summed E-state index contributed by atoms with van der Waals surface area (Å²) in [6.45, 7) is 0.557. The Morgan fingerprint density at radius 2 is 2.05 bits per heavy atom. The van der Waals surface area contributed by atoms with Crippen LogP contribution in [0.4, 0.5) is 5.69 Å². The van der Waals surface area contributed by atoms with E-state index < -0.39 is 28.6 Å². The maximum absolute atomic E-state index is 12.4. The van der Waals surface area contributed by atoms with Gasteiger partial charge >= 0.3 is 0 Å². The molecule has 0 fully saturated rings. The molecule has 1 aliphatic heterocycles. The van der Waals surface area contributed by atoms with Crippen LogP contribution in [-0.4, -0.2) is 30.2 Å². The summed E-state index contributed by atoms with van der Waals surface area (Å²) in [5, 5.41) is 11.1. The first-order valence-electron chi connectivity index (χ1n) is 5.51. The van der Waals surface area contributed by atoms with E-state index in [0.29, 0.717) is 10.7 Å². The van der Waals surface area contributed by atoms with Gasteiger partial charge < -0.3 is 4.90 Å². The van der Waals surface area contributed by atoms with Gasteiger partial charge in [-0.05, 0) is 25.1 Å². The van der Waals surface area contributed by atoms with Crippen LogP contribution in [0.15, 0.2) is 18.2 Å². The van der Waals surface area contributed by atoms with Crippen LogP contribution in [0.2, 0.25) is 5.02 Å². The maximum Gasteiger partial charge on any atom is 0.247 e. The number of Topliss-reactive ketones (excluding diaryl/α,β-unsaturated/α-hetero) is 1. The molecule has 0 N–H and O–H groups in total. The highest BCUT2D eigenvalue weighted by atomic mass is 35.5. The fourth-order valence-electron chi connectivity index (χ4n) is 2.25. The number of hydrogen-bond donors (Lipinski definition) is 0. The minimum atomic E-state index is -1.68. The summed E-state index contributed by atoms with van der Waals surface area (Å²) in [5.74, 6) is -1.14. The van der Waals surface area contributed by atoms with Crippen LogP contribution < -0.4 is 4.90 Å². The van der Waals surface area contributed by atoms with Crippen LogP contribution in [0.1, 0.15) is 17.3 Å². The predicted octanol–water partition coefficient (Wildman–Crippen LogP) is 1.78. The summed E-state index contributed by atoms with van der Waals surface area (Å²) in [7, 11) is 1.49. The molecule has 19 heavy (non-hydrogen) atoms. The molecule has 1 atom stereocenters. The number of nitro groups is 1. The molecule has 100 valence electrons. The van der Waals surface area contributed by atoms with Crippen LogP contribution in [0.3, 0.4) is 0 Å². The molecular formula is C12H11ClN2O4. The summed E-state index contributed by atoms with van der Waals surface area (Å²) in [4.78, 5) is 35.9. The van der Waals surface area contributed by atoms with Crippen molar-refractivity contribution in [3.05, 3.63) is 38.9 Å². The number of rotatable bonds is 2. The minimum absolute atomic E-state index is 0.235. The number of fused-ring (bicyclic) bond motifs is 1. The SMILES string of the molecule is CN1C(=O)[C@](C)(C[N+](=O)[O-])C(=O)c2cc(Cl)ccc21. The van der Waals surface area contributed by atoms with E-state index in [0.717, 1.165) is 0 Å². The second-order valence-corrected chi connectivity index (χ2v) is 5.11. The molecule has 0 saturated carbocycles. The summed E-state index contributed by atoms with van der Waals surface area (Å²) in [6.07, 6.45) is 0. The van der Waals surface area contributed by atoms with E-state index in [9.17, 15) is 19.7 Å². The van der Waals surface area contributed by atoms with Gasteiger partial charge in [0.15, 0.2) is 11.2 Å². The Balaban J connectivity index is 2.62.